The molecule has 7 nitrogen and oxygen atoms in total. The van der Waals surface area contributed by atoms with Gasteiger partial charge in [-0.15, -0.1) is 0 Å². The number of H-pyrrole nitrogens is 1. The number of amides is 1. The second-order valence-electron chi connectivity index (χ2n) is 5.14. The zero-order chi connectivity index (χ0) is 18.2. The maximum Gasteiger partial charge on any atom is 0.311 e. The molecule has 0 saturated carbocycles. The summed E-state index contributed by atoms with van der Waals surface area (Å²) in [5.41, 5.74) is 1.74. The molecule has 1 amide bonds. The van der Waals surface area contributed by atoms with Crippen LogP contribution in [0.15, 0.2) is 40.3 Å². The van der Waals surface area contributed by atoms with E-state index in [1.54, 1.807) is 0 Å². The molecule has 0 aliphatic heterocycles. The first-order valence-corrected chi connectivity index (χ1v) is 8.68. The molecule has 1 aromatic heterocycles. The van der Waals surface area contributed by atoms with Crippen LogP contribution in [0.4, 0.5) is 5.69 Å². The highest BCUT2D eigenvalue weighted by molar-refractivity contribution is 7.99. The normalized spacial score (nSPS) is 10.3. The summed E-state index contributed by atoms with van der Waals surface area (Å²) in [6.07, 6.45) is 0.720. The molecule has 0 spiro atoms. The molecule has 2 rings (SSSR count). The fraction of sp³-hybridized carbons (Fsp3) is 0.294. The van der Waals surface area contributed by atoms with Gasteiger partial charge in [0, 0.05) is 11.8 Å². The van der Waals surface area contributed by atoms with E-state index in [1.807, 2.05) is 31.2 Å². The van der Waals surface area contributed by atoms with Crippen molar-refractivity contribution in [2.24, 2.45) is 0 Å². The molecule has 0 unspecified atom stereocenters. The highest BCUT2D eigenvalue weighted by atomic mass is 32.2. The number of nitrogens with one attached hydrogen (secondary N) is 2. The third kappa shape index (κ3) is 5.75. The van der Waals surface area contributed by atoms with Crippen LogP contribution in [-0.4, -0.2) is 34.7 Å². The first kappa shape index (κ1) is 18.7. The summed E-state index contributed by atoms with van der Waals surface area (Å²) < 4.78 is 4.56. The lowest BCUT2D eigenvalue weighted by Gasteiger charge is -2.09. The number of ether oxygens (including phenoxy) is 1. The Labute approximate surface area is 149 Å². The second-order valence-corrected chi connectivity index (χ2v) is 6.11. The molecule has 132 valence electrons. The van der Waals surface area contributed by atoms with Crippen LogP contribution in [0.3, 0.4) is 0 Å². The summed E-state index contributed by atoms with van der Waals surface area (Å²) in [7, 11) is 1.27. The fourth-order valence-corrected chi connectivity index (χ4v) is 2.83. The van der Waals surface area contributed by atoms with Crippen molar-refractivity contribution in [3.8, 4) is 0 Å². The Bertz CT molecular complexity index is 820. The van der Waals surface area contributed by atoms with Gasteiger partial charge in [0.25, 0.3) is 5.56 Å². The number of thioether (sulfide) groups is 1. The van der Waals surface area contributed by atoms with Gasteiger partial charge in [0.2, 0.25) is 5.91 Å². The van der Waals surface area contributed by atoms with Crippen molar-refractivity contribution in [2.75, 3.05) is 18.2 Å². The summed E-state index contributed by atoms with van der Waals surface area (Å²) in [4.78, 5) is 41.8. The minimum absolute atomic E-state index is 0.0860. The Balaban J connectivity index is 1.99. The molecule has 1 heterocycles. The highest BCUT2D eigenvalue weighted by Crippen LogP contribution is 2.17. The molecular weight excluding hydrogens is 342 g/mol. The van der Waals surface area contributed by atoms with E-state index >= 15 is 0 Å². The van der Waals surface area contributed by atoms with Gasteiger partial charge in [-0.05, 0) is 18.1 Å². The molecule has 0 bridgehead atoms. The molecule has 0 saturated heterocycles. The van der Waals surface area contributed by atoms with Crippen molar-refractivity contribution in [1.82, 2.24) is 9.97 Å². The number of hydrogen-bond donors (Lipinski definition) is 2. The van der Waals surface area contributed by atoms with E-state index < -0.39 is 5.97 Å². The maximum absolute atomic E-state index is 12.1. The first-order chi connectivity index (χ1) is 12.0. The van der Waals surface area contributed by atoms with Gasteiger partial charge in [0.15, 0.2) is 5.16 Å². The summed E-state index contributed by atoms with van der Waals surface area (Å²) in [6.45, 7) is 2.02. The molecule has 0 aliphatic rings. The molecule has 0 radical (unpaired) electrons. The lowest BCUT2D eigenvalue weighted by molar-refractivity contribution is -0.139. The number of para-hydroxylation sites is 1. The number of aromatic amines is 1. The largest absolute Gasteiger partial charge is 0.469 e. The van der Waals surface area contributed by atoms with E-state index in [0.29, 0.717) is 5.69 Å². The van der Waals surface area contributed by atoms with Crippen LogP contribution >= 0.6 is 11.8 Å². The van der Waals surface area contributed by atoms with Crippen LogP contribution in [0.2, 0.25) is 0 Å². The molecule has 25 heavy (non-hydrogen) atoms. The number of esters is 1. The van der Waals surface area contributed by atoms with Crippen LogP contribution in [-0.2, 0) is 27.2 Å². The summed E-state index contributed by atoms with van der Waals surface area (Å²) in [5.74, 6) is -0.599. The van der Waals surface area contributed by atoms with E-state index in [-0.39, 0.29) is 28.8 Å². The zero-order valence-electron chi connectivity index (χ0n) is 14.0. The van der Waals surface area contributed by atoms with Gasteiger partial charge in [-0.25, -0.2) is 4.98 Å². The number of anilines is 1. The predicted octanol–water partition coefficient (Wildman–Crippen LogP) is 1.78. The smallest absolute Gasteiger partial charge is 0.311 e. The zero-order valence-corrected chi connectivity index (χ0v) is 14.8. The van der Waals surface area contributed by atoms with Crippen molar-refractivity contribution in [3.05, 3.63) is 51.9 Å². The maximum atomic E-state index is 12.1. The number of rotatable bonds is 7. The topological polar surface area (TPSA) is 101 Å². The number of nitrogens with zero attached hydrogens (tertiary/aromatic N) is 1. The van der Waals surface area contributed by atoms with Crippen LogP contribution in [0.1, 0.15) is 18.2 Å². The molecule has 2 aromatic rings. The molecule has 1 aromatic carbocycles. The van der Waals surface area contributed by atoms with Crippen molar-refractivity contribution < 1.29 is 14.3 Å². The van der Waals surface area contributed by atoms with Crippen molar-refractivity contribution in [1.29, 1.82) is 0 Å². The second kappa shape index (κ2) is 9.03. The standard InChI is InChI=1S/C17H19N3O4S/c1-3-11-6-4-5-7-13(11)19-15(22)10-25-17-18-12(8-14(21)20-17)9-16(23)24-2/h4-8H,3,9-10H2,1-2H3,(H,19,22)(H,18,20,21). The van der Waals surface area contributed by atoms with Gasteiger partial charge in [-0.3, -0.25) is 14.4 Å². The summed E-state index contributed by atoms with van der Waals surface area (Å²) >= 11 is 1.09. The number of aryl methyl sites for hydroxylation is 1. The van der Waals surface area contributed by atoms with Crippen LogP contribution in [0.25, 0.3) is 0 Å². The van der Waals surface area contributed by atoms with Crippen molar-refractivity contribution in [2.45, 2.75) is 24.9 Å². The van der Waals surface area contributed by atoms with E-state index in [2.05, 4.69) is 20.0 Å². The molecule has 2 N–H and O–H groups in total. The van der Waals surface area contributed by atoms with Gasteiger partial charge in [0.05, 0.1) is 25.0 Å². The van der Waals surface area contributed by atoms with E-state index in [9.17, 15) is 14.4 Å². The average molecular weight is 361 g/mol. The van der Waals surface area contributed by atoms with Gasteiger partial charge >= 0.3 is 5.97 Å². The number of hydrogen-bond acceptors (Lipinski definition) is 6. The minimum atomic E-state index is -0.483. The monoisotopic (exact) mass is 361 g/mol. The Hall–Kier alpha value is -2.61. The van der Waals surface area contributed by atoms with Gasteiger partial charge in [-0.1, -0.05) is 36.9 Å². The first-order valence-electron chi connectivity index (χ1n) is 7.69. The number of carbonyl (C=O) groups excluding carboxylic acids is 2. The SMILES string of the molecule is CCc1ccccc1NC(=O)CSc1nc(CC(=O)OC)cc(=O)[nH]1. The third-order valence-electron chi connectivity index (χ3n) is 3.34. The Morgan fingerprint density at radius 3 is 2.80 bits per heavy atom. The fourth-order valence-electron chi connectivity index (χ4n) is 2.13. The lowest BCUT2D eigenvalue weighted by atomic mass is 10.1. The Morgan fingerprint density at radius 1 is 1.32 bits per heavy atom. The molecular formula is C17H19N3O4S. The van der Waals surface area contributed by atoms with Crippen molar-refractivity contribution in [3.63, 3.8) is 0 Å². The van der Waals surface area contributed by atoms with E-state index in [4.69, 9.17) is 0 Å². The average Bonchev–Trinajstić information content (AvgIpc) is 2.60. The molecule has 0 fully saturated rings. The Kier molecular flexibility index (Phi) is 6.76. The number of benzene rings is 1. The Morgan fingerprint density at radius 2 is 2.08 bits per heavy atom. The van der Waals surface area contributed by atoms with Gasteiger partial charge in [0.1, 0.15) is 0 Å². The van der Waals surface area contributed by atoms with Gasteiger partial charge < -0.3 is 15.0 Å². The van der Waals surface area contributed by atoms with Crippen LogP contribution < -0.4 is 10.9 Å². The number of aromatic nitrogens is 2. The van der Waals surface area contributed by atoms with E-state index in [1.165, 1.54) is 13.2 Å². The van der Waals surface area contributed by atoms with Gasteiger partial charge in [-0.2, -0.15) is 0 Å². The highest BCUT2D eigenvalue weighted by Gasteiger charge is 2.10. The molecule has 0 aliphatic carbocycles. The third-order valence-corrected chi connectivity index (χ3v) is 4.21. The predicted molar refractivity (Wildman–Crippen MR) is 95.8 cm³/mol. The minimum Gasteiger partial charge on any atom is -0.469 e. The number of carbonyl (C=O) groups is 2. The summed E-state index contributed by atoms with van der Waals surface area (Å²) in [5, 5.41) is 3.13. The lowest BCUT2D eigenvalue weighted by Crippen LogP contribution is -2.17. The van der Waals surface area contributed by atoms with Crippen LogP contribution in [0, 0.1) is 0 Å². The van der Waals surface area contributed by atoms with Crippen molar-refractivity contribution >= 4 is 29.3 Å². The molecule has 8 heteroatoms. The van der Waals surface area contributed by atoms with E-state index in [0.717, 1.165) is 29.4 Å². The van der Waals surface area contributed by atoms with Crippen LogP contribution in [0.5, 0.6) is 0 Å². The summed E-state index contributed by atoms with van der Waals surface area (Å²) in [6, 6.07) is 8.82. The number of methoxy groups -OCH3 is 1. The quantitative estimate of drug-likeness (QED) is 0.443. The molecule has 0 atom stereocenters.